The highest BCUT2D eigenvalue weighted by Crippen LogP contribution is 2.32. The van der Waals surface area contributed by atoms with Gasteiger partial charge in [-0.05, 0) is 33.6 Å². The summed E-state index contributed by atoms with van der Waals surface area (Å²) in [6.45, 7) is 0. The molecule has 16 heavy (non-hydrogen) atoms. The predicted octanol–water partition coefficient (Wildman–Crippen LogP) is 3.78. The van der Waals surface area contributed by atoms with Gasteiger partial charge in [0.1, 0.15) is 16.5 Å². The van der Waals surface area contributed by atoms with Crippen LogP contribution >= 0.6 is 38.9 Å². The van der Waals surface area contributed by atoms with Crippen molar-refractivity contribution in [3.8, 4) is 0 Å². The molecular weight excluding hydrogens is 317 g/mol. The van der Waals surface area contributed by atoms with Crippen molar-refractivity contribution in [1.82, 2.24) is 4.98 Å². The average Bonchev–Trinajstić information content (AvgIpc) is 2.67. The van der Waals surface area contributed by atoms with E-state index in [0.717, 1.165) is 0 Å². The lowest BCUT2D eigenvalue weighted by molar-refractivity contribution is 0.223. The van der Waals surface area contributed by atoms with Crippen molar-refractivity contribution in [2.24, 2.45) is 0 Å². The molecule has 0 saturated heterocycles. The molecule has 2 rings (SSSR count). The molecule has 0 bridgehead atoms. The molecule has 2 aromatic rings. The lowest BCUT2D eigenvalue weighted by Gasteiger charge is -2.09. The Morgan fingerprint density at radius 3 is 2.81 bits per heavy atom. The molecule has 84 valence electrons. The Hall–Kier alpha value is -0.490. The van der Waals surface area contributed by atoms with E-state index in [9.17, 15) is 9.50 Å². The summed E-state index contributed by atoms with van der Waals surface area (Å²) < 4.78 is 13.5. The lowest BCUT2D eigenvalue weighted by atomic mass is 10.1. The second-order valence-electron chi connectivity index (χ2n) is 3.08. The highest BCUT2D eigenvalue weighted by Gasteiger charge is 2.17. The highest BCUT2D eigenvalue weighted by molar-refractivity contribution is 9.10. The Morgan fingerprint density at radius 2 is 2.25 bits per heavy atom. The van der Waals surface area contributed by atoms with Crippen molar-refractivity contribution in [2.75, 3.05) is 0 Å². The fourth-order valence-electron chi connectivity index (χ4n) is 1.25. The van der Waals surface area contributed by atoms with E-state index in [-0.39, 0.29) is 5.02 Å². The molecule has 0 aliphatic heterocycles. The van der Waals surface area contributed by atoms with Crippen LogP contribution in [0.4, 0.5) is 4.39 Å². The number of aliphatic hydroxyl groups excluding tert-OH is 1. The monoisotopic (exact) mass is 321 g/mol. The van der Waals surface area contributed by atoms with E-state index < -0.39 is 11.9 Å². The normalized spacial score (nSPS) is 12.8. The predicted molar refractivity (Wildman–Crippen MR) is 65.3 cm³/mol. The minimum atomic E-state index is -0.847. The third-order valence-corrected chi connectivity index (χ3v) is 4.12. The van der Waals surface area contributed by atoms with Crippen LogP contribution in [0.1, 0.15) is 16.5 Å². The zero-order chi connectivity index (χ0) is 11.7. The van der Waals surface area contributed by atoms with E-state index in [4.69, 9.17) is 11.6 Å². The SMILES string of the molecule is OC(c1ccc(F)c(Cl)c1)c1scnc1Br. The quantitative estimate of drug-likeness (QED) is 0.913. The van der Waals surface area contributed by atoms with Crippen LogP contribution < -0.4 is 0 Å². The molecule has 0 spiro atoms. The van der Waals surface area contributed by atoms with Crippen LogP contribution in [-0.4, -0.2) is 10.1 Å². The summed E-state index contributed by atoms with van der Waals surface area (Å²) in [6, 6.07) is 4.14. The number of benzene rings is 1. The summed E-state index contributed by atoms with van der Waals surface area (Å²) in [5.74, 6) is -0.499. The van der Waals surface area contributed by atoms with Crippen LogP contribution in [0.2, 0.25) is 5.02 Å². The first-order valence-corrected chi connectivity index (χ1v) is 6.36. The Labute approximate surface area is 109 Å². The topological polar surface area (TPSA) is 33.1 Å². The minimum absolute atomic E-state index is 0.00260. The summed E-state index contributed by atoms with van der Waals surface area (Å²) in [7, 11) is 0. The Balaban J connectivity index is 2.38. The molecule has 2 nitrogen and oxygen atoms in total. The fourth-order valence-corrected chi connectivity index (χ4v) is 2.86. The molecule has 1 unspecified atom stereocenters. The molecule has 0 amide bonds. The molecule has 1 atom stereocenters. The van der Waals surface area contributed by atoms with Crippen molar-refractivity contribution in [3.63, 3.8) is 0 Å². The molecule has 0 saturated carbocycles. The maximum absolute atomic E-state index is 13.0. The number of thiazole rings is 1. The zero-order valence-electron chi connectivity index (χ0n) is 7.82. The second kappa shape index (κ2) is 4.79. The molecule has 0 aliphatic rings. The number of hydrogen-bond donors (Lipinski definition) is 1. The maximum atomic E-state index is 13.0. The third kappa shape index (κ3) is 2.27. The van der Waals surface area contributed by atoms with Gasteiger partial charge >= 0.3 is 0 Å². The van der Waals surface area contributed by atoms with Gasteiger partial charge in [-0.2, -0.15) is 0 Å². The van der Waals surface area contributed by atoms with E-state index >= 15 is 0 Å². The van der Waals surface area contributed by atoms with Crippen LogP contribution in [0, 0.1) is 5.82 Å². The lowest BCUT2D eigenvalue weighted by Crippen LogP contribution is -1.98. The maximum Gasteiger partial charge on any atom is 0.141 e. The molecule has 1 aromatic carbocycles. The van der Waals surface area contributed by atoms with Gasteiger partial charge in [-0.25, -0.2) is 9.37 Å². The number of aliphatic hydroxyl groups is 1. The summed E-state index contributed by atoms with van der Waals surface area (Å²) in [5, 5.41) is 10.0. The molecule has 1 N–H and O–H groups in total. The van der Waals surface area contributed by atoms with Crippen molar-refractivity contribution in [2.45, 2.75) is 6.10 Å². The molecule has 0 aliphatic carbocycles. The van der Waals surface area contributed by atoms with Gasteiger partial charge in [0.05, 0.1) is 15.4 Å². The van der Waals surface area contributed by atoms with Crippen molar-refractivity contribution >= 4 is 38.9 Å². The molecule has 1 aromatic heterocycles. The number of rotatable bonds is 2. The van der Waals surface area contributed by atoms with Crippen LogP contribution in [0.25, 0.3) is 0 Å². The van der Waals surface area contributed by atoms with Gasteiger partial charge in [-0.15, -0.1) is 11.3 Å². The van der Waals surface area contributed by atoms with Crippen LogP contribution in [0.15, 0.2) is 28.3 Å². The van der Waals surface area contributed by atoms with Crippen molar-refractivity contribution < 1.29 is 9.50 Å². The van der Waals surface area contributed by atoms with Crippen LogP contribution in [0.3, 0.4) is 0 Å². The van der Waals surface area contributed by atoms with Gasteiger partial charge in [0, 0.05) is 0 Å². The van der Waals surface area contributed by atoms with Gasteiger partial charge in [0.25, 0.3) is 0 Å². The van der Waals surface area contributed by atoms with Crippen molar-refractivity contribution in [1.29, 1.82) is 0 Å². The first-order valence-electron chi connectivity index (χ1n) is 4.31. The van der Waals surface area contributed by atoms with Gasteiger partial charge in [0.2, 0.25) is 0 Å². The molecular formula is C10H6BrClFNOS. The molecule has 0 fully saturated rings. The summed E-state index contributed by atoms with van der Waals surface area (Å²) >= 11 is 10.2. The van der Waals surface area contributed by atoms with E-state index in [1.54, 1.807) is 5.51 Å². The summed E-state index contributed by atoms with van der Waals surface area (Å²) in [5.41, 5.74) is 2.16. The molecule has 6 heteroatoms. The minimum Gasteiger partial charge on any atom is -0.383 e. The fraction of sp³-hybridized carbons (Fsp3) is 0.100. The zero-order valence-corrected chi connectivity index (χ0v) is 11.0. The number of nitrogens with zero attached hydrogens (tertiary/aromatic N) is 1. The van der Waals surface area contributed by atoms with Crippen LogP contribution in [0.5, 0.6) is 0 Å². The van der Waals surface area contributed by atoms with Gasteiger partial charge in [0.15, 0.2) is 0 Å². The average molecular weight is 323 g/mol. The standard InChI is InChI=1S/C10H6BrClFNOS/c11-10-9(16-4-14-10)8(15)5-1-2-7(13)6(12)3-5/h1-4,8,15H. The van der Waals surface area contributed by atoms with Gasteiger partial charge in [-0.1, -0.05) is 17.7 Å². The largest absolute Gasteiger partial charge is 0.383 e. The number of halogens is 3. The Kier molecular flexibility index (Phi) is 3.59. The molecule has 1 heterocycles. The highest BCUT2D eigenvalue weighted by atomic mass is 79.9. The van der Waals surface area contributed by atoms with E-state index in [1.165, 1.54) is 29.5 Å². The summed E-state index contributed by atoms with van der Waals surface area (Å²) in [6.07, 6.45) is -0.847. The number of aromatic nitrogens is 1. The van der Waals surface area contributed by atoms with E-state index in [2.05, 4.69) is 20.9 Å². The van der Waals surface area contributed by atoms with Gasteiger partial charge in [-0.3, -0.25) is 0 Å². The van der Waals surface area contributed by atoms with E-state index in [0.29, 0.717) is 15.0 Å². The van der Waals surface area contributed by atoms with Crippen LogP contribution in [-0.2, 0) is 0 Å². The van der Waals surface area contributed by atoms with E-state index in [1.807, 2.05) is 0 Å². The molecule has 0 radical (unpaired) electrons. The number of hydrogen-bond acceptors (Lipinski definition) is 3. The first kappa shape index (κ1) is 12.0. The Morgan fingerprint density at radius 1 is 1.50 bits per heavy atom. The second-order valence-corrected chi connectivity index (χ2v) is 5.13. The van der Waals surface area contributed by atoms with Gasteiger partial charge < -0.3 is 5.11 Å². The first-order chi connectivity index (χ1) is 7.59. The van der Waals surface area contributed by atoms with Crippen molar-refractivity contribution in [3.05, 3.63) is 49.6 Å². The summed E-state index contributed by atoms with van der Waals surface area (Å²) in [4.78, 5) is 4.64. The Bertz CT molecular complexity index is 519. The third-order valence-electron chi connectivity index (χ3n) is 2.06. The smallest absolute Gasteiger partial charge is 0.141 e.